The minimum atomic E-state index is -4.55. The van der Waals surface area contributed by atoms with E-state index in [1.165, 1.54) is 12.4 Å². The van der Waals surface area contributed by atoms with Crippen molar-refractivity contribution in [3.8, 4) is 0 Å². The molecule has 4 N–H and O–H groups in total. The Morgan fingerprint density at radius 3 is 2.37 bits per heavy atom. The van der Waals surface area contributed by atoms with Crippen molar-refractivity contribution in [2.24, 2.45) is 11.8 Å². The quantitative estimate of drug-likeness (QED) is 0.0936. The van der Waals surface area contributed by atoms with Crippen LogP contribution in [-0.4, -0.2) is 149 Å². The minimum absolute atomic E-state index is 0.0108. The Labute approximate surface area is 414 Å². The lowest BCUT2D eigenvalue weighted by Crippen LogP contribution is -2.59. The van der Waals surface area contributed by atoms with E-state index in [0.717, 1.165) is 37.0 Å². The fourth-order valence-electron chi connectivity index (χ4n) is 10.7. The number of carbonyl (C=O) groups is 5. The standard InChI is InChI=1S/C51H71F3N10O7/c1-32(2)62(3)37-16-18-43(64-22-19-41(50(64)69)60-47-38-27-35(51(52,53)54)13-17-40(38)57-31-58-47)42(28-37)61-48(67)33-11-14-36(15-12-33)59-44(65)10-8-25-70-23-5-6-24-71-26-21-56-49(68)39-29-45(66)63(4)46(39)34-9-7-20-55-30-34/h7,9,13,17,20,27,30-33,36-37,39,41-43,46H,5-6,8,10-12,14-16,18-19,21-26,28-29H2,1-4H3,(H,56,68)(H,59,65)(H,61,67)(H,57,58,60)/t33-,36-,37-,39+,41+,42-,43+,46-/m1/s1. The molecule has 2 saturated carbocycles. The van der Waals surface area contributed by atoms with Gasteiger partial charge in [-0.05, 0) is 121 Å². The third kappa shape index (κ3) is 13.9. The largest absolute Gasteiger partial charge is 0.416 e. The highest BCUT2D eigenvalue weighted by Crippen LogP contribution is 2.38. The predicted molar refractivity (Wildman–Crippen MR) is 259 cm³/mol. The molecule has 1 aromatic carbocycles. The van der Waals surface area contributed by atoms with Gasteiger partial charge in [0.15, 0.2) is 0 Å². The number of likely N-dealkylation sites (tertiary alicyclic amines) is 2. The molecule has 0 spiro atoms. The molecule has 2 aliphatic carbocycles. The first-order valence-corrected chi connectivity index (χ1v) is 25.4. The fraction of sp³-hybridized carbons (Fsp3) is 0.647. The van der Waals surface area contributed by atoms with Crippen LogP contribution in [-0.2, 0) is 39.6 Å². The summed E-state index contributed by atoms with van der Waals surface area (Å²) in [6.45, 7) is 6.96. The molecule has 0 radical (unpaired) electrons. The number of unbranched alkanes of at least 4 members (excludes halogenated alkanes) is 1. The number of nitrogens with one attached hydrogen (secondary N) is 4. The van der Waals surface area contributed by atoms with Crippen molar-refractivity contribution in [3.05, 3.63) is 60.2 Å². The molecule has 2 aromatic heterocycles. The van der Waals surface area contributed by atoms with Gasteiger partial charge in [0, 0.05) is 94.6 Å². The van der Waals surface area contributed by atoms with Gasteiger partial charge in [-0.3, -0.25) is 29.0 Å². The van der Waals surface area contributed by atoms with E-state index in [4.69, 9.17) is 9.47 Å². The van der Waals surface area contributed by atoms with Crippen LogP contribution in [0.3, 0.4) is 0 Å². The third-order valence-electron chi connectivity index (χ3n) is 14.9. The molecule has 4 fully saturated rings. The summed E-state index contributed by atoms with van der Waals surface area (Å²) >= 11 is 0. The number of amides is 5. The number of hydrogen-bond donors (Lipinski definition) is 4. The molecule has 5 amide bonds. The summed E-state index contributed by atoms with van der Waals surface area (Å²) < 4.78 is 52.2. The van der Waals surface area contributed by atoms with Crippen LogP contribution in [0.5, 0.6) is 0 Å². The number of anilines is 1. The molecule has 71 heavy (non-hydrogen) atoms. The Bertz CT molecular complexity index is 2280. The van der Waals surface area contributed by atoms with Gasteiger partial charge in [-0.15, -0.1) is 0 Å². The number of fused-ring (bicyclic) bond motifs is 1. The number of alkyl halides is 3. The van der Waals surface area contributed by atoms with Crippen molar-refractivity contribution < 1.29 is 46.6 Å². The van der Waals surface area contributed by atoms with Gasteiger partial charge in [0.05, 0.1) is 41.7 Å². The van der Waals surface area contributed by atoms with Gasteiger partial charge in [0.2, 0.25) is 29.5 Å². The van der Waals surface area contributed by atoms with Crippen molar-refractivity contribution in [2.75, 3.05) is 58.9 Å². The zero-order valence-corrected chi connectivity index (χ0v) is 41.4. The summed E-state index contributed by atoms with van der Waals surface area (Å²) in [6, 6.07) is 5.89. The normalized spacial score (nSPS) is 25.0. The van der Waals surface area contributed by atoms with Crippen LogP contribution in [0.15, 0.2) is 49.1 Å². The number of halogens is 3. The van der Waals surface area contributed by atoms with Crippen LogP contribution in [0, 0.1) is 11.8 Å². The van der Waals surface area contributed by atoms with E-state index in [2.05, 4.69) is 62.0 Å². The number of carbonyl (C=O) groups excluding carboxylic acids is 5. The Morgan fingerprint density at radius 2 is 1.65 bits per heavy atom. The fourth-order valence-corrected chi connectivity index (χ4v) is 10.7. The van der Waals surface area contributed by atoms with Crippen LogP contribution in [0.4, 0.5) is 19.0 Å². The van der Waals surface area contributed by atoms with Crippen molar-refractivity contribution in [1.82, 2.24) is 45.6 Å². The highest BCUT2D eigenvalue weighted by molar-refractivity contribution is 5.93. The highest BCUT2D eigenvalue weighted by Gasteiger charge is 2.45. The van der Waals surface area contributed by atoms with Crippen molar-refractivity contribution in [2.45, 2.75) is 146 Å². The average Bonchev–Trinajstić information content (AvgIpc) is 3.87. The highest BCUT2D eigenvalue weighted by atomic mass is 19.4. The minimum Gasteiger partial charge on any atom is -0.381 e. The number of rotatable bonds is 22. The van der Waals surface area contributed by atoms with Crippen LogP contribution < -0.4 is 21.3 Å². The topological polar surface area (TPSA) is 200 Å². The number of benzene rings is 1. The van der Waals surface area contributed by atoms with Gasteiger partial charge < -0.3 is 45.4 Å². The lowest BCUT2D eigenvalue weighted by atomic mass is 9.82. The molecule has 2 aliphatic heterocycles. The molecule has 2 saturated heterocycles. The number of aromatic nitrogens is 3. The van der Waals surface area contributed by atoms with E-state index in [1.54, 1.807) is 30.4 Å². The molecule has 7 rings (SSSR count). The van der Waals surface area contributed by atoms with Crippen molar-refractivity contribution >= 4 is 46.3 Å². The van der Waals surface area contributed by atoms with E-state index < -0.39 is 23.7 Å². The summed E-state index contributed by atoms with van der Waals surface area (Å²) in [7, 11) is 3.80. The van der Waals surface area contributed by atoms with Gasteiger partial charge >= 0.3 is 6.18 Å². The number of nitrogens with zero attached hydrogens (tertiary/aromatic N) is 6. The van der Waals surface area contributed by atoms with E-state index in [0.29, 0.717) is 109 Å². The Hall–Kier alpha value is -5.47. The molecule has 3 aromatic rings. The van der Waals surface area contributed by atoms with Crippen LogP contribution >= 0.6 is 0 Å². The van der Waals surface area contributed by atoms with Crippen molar-refractivity contribution in [3.63, 3.8) is 0 Å². The van der Waals surface area contributed by atoms with Crippen LogP contribution in [0.25, 0.3) is 10.9 Å². The lowest BCUT2D eigenvalue weighted by molar-refractivity contribution is -0.137. The summed E-state index contributed by atoms with van der Waals surface area (Å²) in [5.41, 5.74) is 0.346. The molecule has 4 aliphatic rings. The second kappa shape index (κ2) is 24.8. The lowest BCUT2D eigenvalue weighted by Gasteiger charge is -2.45. The molecular formula is C51H71F3N10O7. The average molecular weight is 993 g/mol. The van der Waals surface area contributed by atoms with Crippen molar-refractivity contribution in [1.29, 1.82) is 0 Å². The third-order valence-corrected chi connectivity index (χ3v) is 14.9. The number of hydrogen-bond acceptors (Lipinski definition) is 12. The molecule has 0 bridgehead atoms. The maximum Gasteiger partial charge on any atom is 0.416 e. The molecule has 0 unspecified atom stereocenters. The molecule has 388 valence electrons. The van der Waals surface area contributed by atoms with Crippen LogP contribution in [0.2, 0.25) is 0 Å². The Morgan fingerprint density at radius 1 is 0.901 bits per heavy atom. The number of ether oxygens (including phenoxy) is 2. The molecule has 20 heteroatoms. The van der Waals surface area contributed by atoms with Gasteiger partial charge in [-0.2, -0.15) is 13.2 Å². The first-order chi connectivity index (χ1) is 34.1. The van der Waals surface area contributed by atoms with E-state index >= 15 is 0 Å². The maximum atomic E-state index is 14.1. The van der Waals surface area contributed by atoms with E-state index in [1.807, 2.05) is 11.0 Å². The first-order valence-electron chi connectivity index (χ1n) is 25.4. The van der Waals surface area contributed by atoms with Gasteiger partial charge in [0.1, 0.15) is 18.2 Å². The zero-order valence-electron chi connectivity index (χ0n) is 41.4. The molecule has 6 atom stereocenters. The smallest absolute Gasteiger partial charge is 0.381 e. The summed E-state index contributed by atoms with van der Waals surface area (Å²) in [4.78, 5) is 84.4. The predicted octanol–water partition coefficient (Wildman–Crippen LogP) is 5.41. The SMILES string of the molecule is CC(C)N(C)[C@@H]1CC[C@H](N2CC[C@H](Nc3ncnc4ccc(C(F)(F)F)cc34)C2=O)[C@H](NC(=O)[C@H]2CC[C@H](NC(=O)CCCOCCCCOCCNC(=O)[C@H]3CC(=O)N(C)[C@@H]3c3cccnc3)CC2)C1. The van der Waals surface area contributed by atoms with E-state index in [-0.39, 0.29) is 83.3 Å². The Balaban J connectivity index is 0.774. The van der Waals surface area contributed by atoms with Gasteiger partial charge in [-0.1, -0.05) is 6.07 Å². The van der Waals surface area contributed by atoms with Gasteiger partial charge in [0.25, 0.3) is 0 Å². The molecular weight excluding hydrogens is 922 g/mol. The molecule has 4 heterocycles. The van der Waals surface area contributed by atoms with Gasteiger partial charge in [-0.25, -0.2) is 9.97 Å². The van der Waals surface area contributed by atoms with E-state index in [9.17, 15) is 37.1 Å². The second-order valence-electron chi connectivity index (χ2n) is 19.9. The molecule has 17 nitrogen and oxygen atoms in total. The first kappa shape index (κ1) is 53.3. The summed E-state index contributed by atoms with van der Waals surface area (Å²) in [5, 5.41) is 12.7. The van der Waals surface area contributed by atoms with Crippen LogP contribution in [0.1, 0.15) is 114 Å². The monoisotopic (exact) mass is 993 g/mol. The summed E-state index contributed by atoms with van der Waals surface area (Å²) in [6.07, 6.45) is 8.06. The Kier molecular flexibility index (Phi) is 18.6. The zero-order chi connectivity index (χ0) is 50.7. The second-order valence-corrected chi connectivity index (χ2v) is 19.9. The summed E-state index contributed by atoms with van der Waals surface area (Å²) in [5.74, 6) is -1.02. The maximum absolute atomic E-state index is 14.1. The number of pyridine rings is 1.